The van der Waals surface area contributed by atoms with E-state index in [2.05, 4.69) is 42.3 Å². The van der Waals surface area contributed by atoms with Crippen molar-refractivity contribution in [3.63, 3.8) is 0 Å². The molecule has 0 radical (unpaired) electrons. The average molecular weight is 322 g/mol. The maximum atomic E-state index is 12.3. The highest BCUT2D eigenvalue weighted by Gasteiger charge is 2.09. The Morgan fingerprint density at radius 1 is 1.04 bits per heavy atom. The number of pyridine rings is 1. The van der Waals surface area contributed by atoms with Crippen LogP contribution in [0.1, 0.15) is 5.56 Å². The fourth-order valence-electron chi connectivity index (χ4n) is 2.82. The maximum Gasteiger partial charge on any atom is 0.258 e. The van der Waals surface area contributed by atoms with Gasteiger partial charge in [0.15, 0.2) is 0 Å². The molecule has 0 unspecified atom stereocenters. The van der Waals surface area contributed by atoms with Crippen molar-refractivity contribution in [2.75, 3.05) is 0 Å². The number of nitrogens with one attached hydrogen (secondary N) is 1. The van der Waals surface area contributed by atoms with Gasteiger partial charge < -0.3 is 9.55 Å². The zero-order valence-electron chi connectivity index (χ0n) is 13.8. The molecule has 0 aliphatic heterocycles. The van der Waals surface area contributed by atoms with E-state index < -0.39 is 8.96 Å². The summed E-state index contributed by atoms with van der Waals surface area (Å²) in [5, 5.41) is 1.78. The van der Waals surface area contributed by atoms with Crippen LogP contribution in [-0.4, -0.2) is 13.5 Å². The van der Waals surface area contributed by atoms with Crippen molar-refractivity contribution in [2.45, 2.75) is 19.6 Å². The van der Waals surface area contributed by atoms with E-state index in [4.69, 9.17) is 0 Å². The van der Waals surface area contributed by atoms with Crippen LogP contribution in [0, 0.1) is 0 Å². The number of fused-ring (bicyclic) bond motifs is 1. The van der Waals surface area contributed by atoms with Gasteiger partial charge in [-0.3, -0.25) is 4.79 Å². The molecule has 3 nitrogen and oxygen atoms in total. The van der Waals surface area contributed by atoms with E-state index in [0.29, 0.717) is 0 Å². The first-order valence-electron chi connectivity index (χ1n) is 7.97. The normalized spacial score (nSPS) is 11.3. The van der Waals surface area contributed by atoms with Crippen molar-refractivity contribution in [2.24, 2.45) is 7.05 Å². The monoisotopic (exact) mass is 322 g/mol. The Kier molecular flexibility index (Phi) is 4.46. The van der Waals surface area contributed by atoms with Crippen molar-refractivity contribution in [3.8, 4) is 11.1 Å². The molecule has 0 aliphatic carbocycles. The van der Waals surface area contributed by atoms with Gasteiger partial charge in [0.1, 0.15) is 8.96 Å². The fourth-order valence-corrected chi connectivity index (χ4v) is 3.46. The number of rotatable bonds is 4. The third-order valence-electron chi connectivity index (χ3n) is 4.04. The van der Waals surface area contributed by atoms with Crippen molar-refractivity contribution in [3.05, 3.63) is 70.6 Å². The summed E-state index contributed by atoms with van der Waals surface area (Å²) in [7, 11) is 1.03. The quantitative estimate of drug-likeness (QED) is 0.748. The Labute approximate surface area is 138 Å². The highest BCUT2D eigenvalue weighted by molar-refractivity contribution is 6.52. The van der Waals surface area contributed by atoms with Gasteiger partial charge in [0.25, 0.3) is 5.56 Å². The lowest BCUT2D eigenvalue weighted by Crippen LogP contribution is -2.26. The number of hydrogen-bond acceptors (Lipinski definition) is 2. The summed E-state index contributed by atoms with van der Waals surface area (Å²) in [6.07, 6.45) is 1.94. The largest absolute Gasteiger partial charge is 0.336 e. The summed E-state index contributed by atoms with van der Waals surface area (Å²) in [5.74, 6) is 0. The van der Waals surface area contributed by atoms with Gasteiger partial charge in [0, 0.05) is 30.7 Å². The summed E-state index contributed by atoms with van der Waals surface area (Å²) in [6, 6.07) is 16.4. The first-order chi connectivity index (χ1) is 11.1. The minimum Gasteiger partial charge on any atom is -0.336 e. The Morgan fingerprint density at radius 2 is 1.78 bits per heavy atom. The Hall–Kier alpha value is -2.17. The molecular weight excluding hydrogens is 300 g/mol. The van der Waals surface area contributed by atoms with Crippen LogP contribution in [0.2, 0.25) is 13.1 Å². The number of benzene rings is 2. The van der Waals surface area contributed by atoms with Gasteiger partial charge in [-0.1, -0.05) is 49.5 Å². The van der Waals surface area contributed by atoms with E-state index >= 15 is 0 Å². The highest BCUT2D eigenvalue weighted by atomic mass is 28.3. The van der Waals surface area contributed by atoms with Crippen molar-refractivity contribution >= 4 is 19.7 Å². The van der Waals surface area contributed by atoms with Crippen LogP contribution in [0.25, 0.3) is 21.9 Å². The Morgan fingerprint density at radius 3 is 2.52 bits per heavy atom. The van der Waals surface area contributed by atoms with E-state index in [1.807, 2.05) is 37.5 Å². The van der Waals surface area contributed by atoms with Crippen LogP contribution in [0.15, 0.2) is 59.5 Å². The zero-order valence-corrected chi connectivity index (χ0v) is 15.0. The Bertz CT molecular complexity index is 899. The topological polar surface area (TPSA) is 34.0 Å². The predicted octanol–water partition coefficient (Wildman–Crippen LogP) is 3.28. The van der Waals surface area contributed by atoms with Crippen molar-refractivity contribution in [1.29, 1.82) is 0 Å². The summed E-state index contributed by atoms with van der Waals surface area (Å²) < 4.78 is 1.67. The van der Waals surface area contributed by atoms with Gasteiger partial charge in [-0.15, -0.1) is 0 Å². The first kappa shape index (κ1) is 15.7. The number of aromatic nitrogens is 1. The maximum absolute atomic E-state index is 12.3. The molecule has 1 N–H and O–H groups in total. The number of hydrogen-bond donors (Lipinski definition) is 1. The van der Waals surface area contributed by atoms with Crippen LogP contribution >= 0.6 is 0 Å². The molecule has 23 heavy (non-hydrogen) atoms. The zero-order chi connectivity index (χ0) is 16.4. The van der Waals surface area contributed by atoms with Gasteiger partial charge in [-0.2, -0.15) is 0 Å². The molecule has 0 saturated heterocycles. The third-order valence-corrected chi connectivity index (χ3v) is 5.06. The molecule has 1 heterocycles. The highest BCUT2D eigenvalue weighted by Crippen LogP contribution is 2.27. The molecule has 4 heteroatoms. The third kappa shape index (κ3) is 3.28. The molecule has 0 saturated carbocycles. The van der Waals surface area contributed by atoms with Crippen LogP contribution in [0.5, 0.6) is 0 Å². The SMILES string of the molecule is Cn1cc(-c2cccc(CN[SiH](C)C)c2)c2ccccc2c1=O. The summed E-state index contributed by atoms with van der Waals surface area (Å²) in [4.78, 5) is 15.9. The van der Waals surface area contributed by atoms with Gasteiger partial charge in [0.2, 0.25) is 0 Å². The van der Waals surface area contributed by atoms with E-state index in [1.54, 1.807) is 4.57 Å². The van der Waals surface area contributed by atoms with E-state index in [1.165, 1.54) is 5.56 Å². The van der Waals surface area contributed by atoms with E-state index in [9.17, 15) is 4.79 Å². The standard InChI is InChI=1S/C19H22N2OSi/c1-21-13-18(16-9-4-5-10-17(16)19(21)22)15-8-6-7-14(11-15)12-20-23(2)3/h4-11,13,20,23H,12H2,1-3H3. The first-order valence-corrected chi connectivity index (χ1v) is 10.9. The molecular formula is C19H22N2OSi. The van der Waals surface area contributed by atoms with Crippen molar-refractivity contribution < 1.29 is 0 Å². The predicted molar refractivity (Wildman–Crippen MR) is 100 cm³/mol. The van der Waals surface area contributed by atoms with E-state index in [-0.39, 0.29) is 5.56 Å². The molecule has 1 aromatic heterocycles. The summed E-state index contributed by atoms with van der Waals surface area (Å²) in [6.45, 7) is 5.47. The lowest BCUT2D eigenvalue weighted by atomic mass is 9.99. The minimum absolute atomic E-state index is 0.0491. The lowest BCUT2D eigenvalue weighted by molar-refractivity contribution is 0.874. The molecule has 118 valence electrons. The molecule has 3 rings (SSSR count). The van der Waals surface area contributed by atoms with Gasteiger partial charge in [-0.25, -0.2) is 0 Å². The van der Waals surface area contributed by atoms with Crippen LogP contribution < -0.4 is 10.5 Å². The average Bonchev–Trinajstić information content (AvgIpc) is 2.56. The molecule has 2 aromatic carbocycles. The number of aryl methyl sites for hydroxylation is 1. The minimum atomic E-state index is -0.780. The van der Waals surface area contributed by atoms with Gasteiger partial charge in [0.05, 0.1) is 0 Å². The molecule has 0 spiro atoms. The fraction of sp³-hybridized carbons (Fsp3) is 0.211. The smallest absolute Gasteiger partial charge is 0.258 e. The van der Waals surface area contributed by atoms with Crippen molar-refractivity contribution in [1.82, 2.24) is 9.55 Å². The summed E-state index contributed by atoms with van der Waals surface area (Å²) >= 11 is 0. The Balaban J connectivity index is 2.12. The van der Waals surface area contributed by atoms with Gasteiger partial charge >= 0.3 is 0 Å². The molecule has 0 fully saturated rings. The number of nitrogens with zero attached hydrogens (tertiary/aromatic N) is 1. The summed E-state index contributed by atoms with van der Waals surface area (Å²) in [5.41, 5.74) is 3.59. The van der Waals surface area contributed by atoms with E-state index in [0.717, 1.165) is 28.4 Å². The molecule has 0 amide bonds. The molecule has 0 atom stereocenters. The molecule has 3 aromatic rings. The second kappa shape index (κ2) is 6.52. The second-order valence-corrected chi connectivity index (χ2v) is 8.96. The van der Waals surface area contributed by atoms with Crippen LogP contribution in [-0.2, 0) is 13.6 Å². The molecule has 0 bridgehead atoms. The van der Waals surface area contributed by atoms with Gasteiger partial charge in [-0.05, 0) is 28.6 Å². The van der Waals surface area contributed by atoms with Crippen LogP contribution in [0.3, 0.4) is 0 Å². The van der Waals surface area contributed by atoms with Crippen LogP contribution in [0.4, 0.5) is 0 Å². The molecule has 0 aliphatic rings. The second-order valence-electron chi connectivity index (χ2n) is 6.24. The lowest BCUT2D eigenvalue weighted by Gasteiger charge is -2.12.